The summed E-state index contributed by atoms with van der Waals surface area (Å²) in [6.45, 7) is 5.97. The van der Waals surface area contributed by atoms with E-state index < -0.39 is 0 Å². The summed E-state index contributed by atoms with van der Waals surface area (Å²) in [5, 5.41) is 3.93. The highest BCUT2D eigenvalue weighted by Gasteiger charge is 2.28. The van der Waals surface area contributed by atoms with Crippen LogP contribution in [0.15, 0.2) is 22.7 Å². The normalized spacial score (nSPS) is 13.6. The Morgan fingerprint density at radius 2 is 2.12 bits per heavy atom. The van der Waals surface area contributed by atoms with Gasteiger partial charge in [-0.3, -0.25) is 9.59 Å². The standard InChI is InChI=1S/C18H20N2O4/c1-4-5-16(21)13-6-7-17-15(8-13)20(18(22)10-23-17)9-14-11(2)19-24-12(14)3/h6-8H,4-5,9-10H2,1-3H3. The molecule has 0 fully saturated rings. The van der Waals surface area contributed by atoms with E-state index in [0.29, 0.717) is 35.7 Å². The quantitative estimate of drug-likeness (QED) is 0.788. The Morgan fingerprint density at radius 1 is 1.33 bits per heavy atom. The molecule has 6 nitrogen and oxygen atoms in total. The van der Waals surface area contributed by atoms with E-state index in [4.69, 9.17) is 9.26 Å². The second-order valence-electron chi connectivity index (χ2n) is 5.93. The average molecular weight is 328 g/mol. The van der Waals surface area contributed by atoms with Gasteiger partial charge >= 0.3 is 0 Å². The molecule has 6 heteroatoms. The molecule has 2 heterocycles. The van der Waals surface area contributed by atoms with Crippen LogP contribution < -0.4 is 9.64 Å². The molecule has 3 rings (SSSR count). The number of fused-ring (bicyclic) bond motifs is 1. The maximum atomic E-state index is 12.4. The van der Waals surface area contributed by atoms with Gasteiger partial charge in [-0.2, -0.15) is 0 Å². The van der Waals surface area contributed by atoms with Crippen molar-refractivity contribution in [1.29, 1.82) is 0 Å². The lowest BCUT2D eigenvalue weighted by molar-refractivity contribution is -0.121. The van der Waals surface area contributed by atoms with Crippen LogP contribution in [0.25, 0.3) is 0 Å². The van der Waals surface area contributed by atoms with Gasteiger partial charge in [-0.1, -0.05) is 12.1 Å². The Kier molecular flexibility index (Phi) is 4.38. The lowest BCUT2D eigenvalue weighted by atomic mass is 10.0. The first-order valence-electron chi connectivity index (χ1n) is 8.03. The zero-order chi connectivity index (χ0) is 17.3. The van der Waals surface area contributed by atoms with Gasteiger partial charge in [0.2, 0.25) is 0 Å². The lowest BCUT2D eigenvalue weighted by Gasteiger charge is -2.29. The molecule has 24 heavy (non-hydrogen) atoms. The molecule has 1 aliphatic rings. The minimum Gasteiger partial charge on any atom is -0.482 e. The number of aromatic nitrogens is 1. The van der Waals surface area contributed by atoms with Gasteiger partial charge < -0.3 is 14.2 Å². The fourth-order valence-corrected chi connectivity index (χ4v) is 2.81. The molecule has 126 valence electrons. The number of carbonyl (C=O) groups excluding carboxylic acids is 2. The monoisotopic (exact) mass is 328 g/mol. The number of amides is 1. The van der Waals surface area contributed by atoms with Crippen molar-refractivity contribution in [2.24, 2.45) is 0 Å². The summed E-state index contributed by atoms with van der Waals surface area (Å²) in [5.74, 6) is 1.21. The van der Waals surface area contributed by atoms with Crippen molar-refractivity contribution in [2.75, 3.05) is 11.5 Å². The van der Waals surface area contributed by atoms with Crippen LogP contribution in [-0.2, 0) is 11.3 Å². The molecule has 1 amide bonds. The molecule has 0 unspecified atom stereocenters. The van der Waals surface area contributed by atoms with Gasteiger partial charge in [0.05, 0.1) is 17.9 Å². The van der Waals surface area contributed by atoms with Crippen LogP contribution in [0.4, 0.5) is 5.69 Å². The molecule has 0 radical (unpaired) electrons. The molecule has 2 aromatic rings. The third kappa shape index (κ3) is 2.91. The van der Waals surface area contributed by atoms with Crippen molar-refractivity contribution in [1.82, 2.24) is 5.16 Å². The van der Waals surface area contributed by atoms with E-state index in [1.54, 1.807) is 23.1 Å². The molecule has 0 atom stereocenters. The van der Waals surface area contributed by atoms with Crippen LogP contribution in [0.2, 0.25) is 0 Å². The highest BCUT2D eigenvalue weighted by atomic mass is 16.5. The lowest BCUT2D eigenvalue weighted by Crippen LogP contribution is -2.38. The second-order valence-corrected chi connectivity index (χ2v) is 5.93. The van der Waals surface area contributed by atoms with E-state index in [0.717, 1.165) is 17.7 Å². The molecule has 0 N–H and O–H groups in total. The summed E-state index contributed by atoms with van der Waals surface area (Å²) >= 11 is 0. The zero-order valence-corrected chi connectivity index (χ0v) is 14.1. The van der Waals surface area contributed by atoms with E-state index in [1.807, 2.05) is 20.8 Å². The Bertz CT molecular complexity index is 775. The summed E-state index contributed by atoms with van der Waals surface area (Å²) in [7, 11) is 0. The van der Waals surface area contributed by atoms with Gasteiger partial charge in [-0.05, 0) is 38.5 Å². The number of anilines is 1. The third-order valence-electron chi connectivity index (χ3n) is 4.20. The number of benzene rings is 1. The van der Waals surface area contributed by atoms with Crippen LogP contribution in [0.5, 0.6) is 5.75 Å². The number of rotatable bonds is 5. The average Bonchev–Trinajstić information content (AvgIpc) is 2.88. The number of ketones is 1. The molecule has 0 spiro atoms. The Morgan fingerprint density at radius 3 is 2.79 bits per heavy atom. The fraction of sp³-hybridized carbons (Fsp3) is 0.389. The van der Waals surface area contributed by atoms with Crippen LogP contribution in [0, 0.1) is 13.8 Å². The van der Waals surface area contributed by atoms with Crippen LogP contribution in [-0.4, -0.2) is 23.5 Å². The first-order valence-corrected chi connectivity index (χ1v) is 8.03. The van der Waals surface area contributed by atoms with Crippen LogP contribution >= 0.6 is 0 Å². The SMILES string of the molecule is CCCC(=O)c1ccc2c(c1)N(Cc1c(C)noc1C)C(=O)CO2. The minimum absolute atomic E-state index is 0.0152. The molecule has 1 aromatic heterocycles. The molecule has 0 bridgehead atoms. The fourth-order valence-electron chi connectivity index (χ4n) is 2.81. The Labute approximate surface area is 140 Å². The van der Waals surface area contributed by atoms with Gasteiger partial charge in [0.15, 0.2) is 12.4 Å². The molecule has 0 aliphatic carbocycles. The number of hydrogen-bond donors (Lipinski definition) is 0. The van der Waals surface area contributed by atoms with Crippen molar-refractivity contribution in [3.05, 3.63) is 40.8 Å². The smallest absolute Gasteiger partial charge is 0.265 e. The third-order valence-corrected chi connectivity index (χ3v) is 4.20. The van der Waals surface area contributed by atoms with E-state index in [9.17, 15) is 9.59 Å². The van der Waals surface area contributed by atoms with E-state index in [2.05, 4.69) is 5.16 Å². The highest BCUT2D eigenvalue weighted by molar-refractivity contribution is 6.01. The Hall–Kier alpha value is -2.63. The number of ether oxygens (including phenoxy) is 1. The van der Waals surface area contributed by atoms with Crippen molar-refractivity contribution < 1.29 is 18.8 Å². The van der Waals surface area contributed by atoms with Gasteiger partial charge in [-0.25, -0.2) is 0 Å². The molecular weight excluding hydrogens is 308 g/mol. The minimum atomic E-state index is -0.150. The van der Waals surface area contributed by atoms with Crippen molar-refractivity contribution >= 4 is 17.4 Å². The summed E-state index contributed by atoms with van der Waals surface area (Å²) in [5.41, 5.74) is 2.85. The molecular formula is C18H20N2O4. The van der Waals surface area contributed by atoms with Gasteiger partial charge in [0, 0.05) is 17.5 Å². The summed E-state index contributed by atoms with van der Waals surface area (Å²) in [6, 6.07) is 5.24. The number of aryl methyl sites for hydroxylation is 2. The summed E-state index contributed by atoms with van der Waals surface area (Å²) in [6.07, 6.45) is 1.27. The highest BCUT2D eigenvalue weighted by Crippen LogP contribution is 2.35. The van der Waals surface area contributed by atoms with Crippen LogP contribution in [0.3, 0.4) is 0 Å². The number of Topliss-reactive ketones (excluding diaryl/α,β-unsaturated/α-hetero) is 1. The molecule has 0 saturated carbocycles. The topological polar surface area (TPSA) is 72.6 Å². The van der Waals surface area contributed by atoms with Crippen molar-refractivity contribution in [3.63, 3.8) is 0 Å². The molecule has 0 saturated heterocycles. The van der Waals surface area contributed by atoms with E-state index >= 15 is 0 Å². The van der Waals surface area contributed by atoms with E-state index in [1.165, 1.54) is 0 Å². The van der Waals surface area contributed by atoms with Gasteiger partial charge in [0.25, 0.3) is 5.91 Å². The summed E-state index contributed by atoms with van der Waals surface area (Å²) in [4.78, 5) is 26.2. The predicted molar refractivity (Wildman–Crippen MR) is 88.3 cm³/mol. The largest absolute Gasteiger partial charge is 0.482 e. The first kappa shape index (κ1) is 16.2. The van der Waals surface area contributed by atoms with Crippen molar-refractivity contribution in [2.45, 2.75) is 40.2 Å². The number of hydrogen-bond acceptors (Lipinski definition) is 5. The predicted octanol–water partition coefficient (Wildman–Crippen LogP) is 3.20. The zero-order valence-electron chi connectivity index (χ0n) is 14.1. The molecule has 1 aliphatic heterocycles. The second kappa shape index (κ2) is 6.47. The van der Waals surface area contributed by atoms with E-state index in [-0.39, 0.29) is 18.3 Å². The van der Waals surface area contributed by atoms with Gasteiger partial charge in [0.1, 0.15) is 11.5 Å². The number of carbonyl (C=O) groups is 2. The Balaban J connectivity index is 1.98. The van der Waals surface area contributed by atoms with Crippen molar-refractivity contribution in [3.8, 4) is 5.75 Å². The number of nitrogens with zero attached hydrogens (tertiary/aromatic N) is 2. The van der Waals surface area contributed by atoms with Gasteiger partial charge in [-0.15, -0.1) is 0 Å². The maximum absolute atomic E-state index is 12.4. The van der Waals surface area contributed by atoms with Crippen LogP contribution in [0.1, 0.15) is 47.1 Å². The molecule has 1 aromatic carbocycles. The maximum Gasteiger partial charge on any atom is 0.265 e. The first-order chi connectivity index (χ1) is 11.5. The summed E-state index contributed by atoms with van der Waals surface area (Å²) < 4.78 is 10.7.